The first-order chi connectivity index (χ1) is 8.92. The fourth-order valence-corrected chi connectivity index (χ4v) is 2.85. The molecule has 0 aromatic rings. The fourth-order valence-electron chi connectivity index (χ4n) is 1.91. The van der Waals surface area contributed by atoms with Gasteiger partial charge in [0.25, 0.3) is 10.1 Å². The minimum Gasteiger partial charge on any atom is -0.450 e. The van der Waals surface area contributed by atoms with Crippen LogP contribution in [0.4, 0.5) is 4.79 Å². The van der Waals surface area contributed by atoms with Crippen LogP contribution >= 0.6 is 0 Å². The fraction of sp³-hybridized carbons (Fsp3) is 0.909. The van der Waals surface area contributed by atoms with Crippen molar-refractivity contribution in [2.45, 2.75) is 32.2 Å². The lowest BCUT2D eigenvalue weighted by Gasteiger charge is -2.30. The molecule has 0 aliphatic carbocycles. The number of carbonyl (C=O) groups excluding carboxylic acids is 1. The maximum absolute atomic E-state index is 11.5. The van der Waals surface area contributed by atoms with Crippen molar-refractivity contribution < 1.29 is 27.2 Å². The van der Waals surface area contributed by atoms with Gasteiger partial charge < -0.3 is 14.8 Å². The normalized spacial score (nSPS) is 23.9. The van der Waals surface area contributed by atoms with E-state index in [1.165, 1.54) is 0 Å². The van der Waals surface area contributed by atoms with Crippen molar-refractivity contribution >= 4 is 16.2 Å². The Morgan fingerprint density at radius 2 is 2.26 bits per heavy atom. The summed E-state index contributed by atoms with van der Waals surface area (Å²) < 4.78 is 40.9. The van der Waals surface area contributed by atoms with Crippen molar-refractivity contribution in [3.8, 4) is 0 Å². The first-order valence-electron chi connectivity index (χ1n) is 6.38. The van der Waals surface area contributed by atoms with E-state index in [1.54, 1.807) is 0 Å². The van der Waals surface area contributed by atoms with Crippen LogP contribution in [0.1, 0.15) is 26.2 Å². The van der Waals surface area contributed by atoms with E-state index in [0.29, 0.717) is 19.6 Å². The van der Waals surface area contributed by atoms with Gasteiger partial charge in [0.15, 0.2) is 0 Å². The number of carbonyl (C=O) groups is 1. The van der Waals surface area contributed by atoms with Crippen LogP contribution in [-0.4, -0.2) is 50.7 Å². The molecule has 1 amide bonds. The van der Waals surface area contributed by atoms with Crippen molar-refractivity contribution in [3.63, 3.8) is 0 Å². The van der Waals surface area contributed by atoms with Crippen LogP contribution in [0.5, 0.6) is 0 Å². The van der Waals surface area contributed by atoms with Gasteiger partial charge in [-0.15, -0.1) is 0 Å². The summed E-state index contributed by atoms with van der Waals surface area (Å²) in [4.78, 5) is 11.5. The van der Waals surface area contributed by atoms with Gasteiger partial charge in [-0.2, -0.15) is 8.42 Å². The molecule has 0 spiro atoms. The topological polar surface area (TPSA) is 102 Å². The van der Waals surface area contributed by atoms with Crippen molar-refractivity contribution in [1.82, 2.24) is 5.32 Å². The van der Waals surface area contributed by atoms with Gasteiger partial charge in [-0.1, -0.05) is 13.3 Å². The van der Waals surface area contributed by atoms with Gasteiger partial charge in [0.1, 0.15) is 0 Å². The summed E-state index contributed by atoms with van der Waals surface area (Å²) in [6.07, 6.45) is 1.60. The molecule has 1 saturated heterocycles. The summed E-state index contributed by atoms with van der Waals surface area (Å²) in [5, 5.41) is 2.59. The number of nitrogens with one attached hydrogen (secondary N) is 1. The predicted molar refractivity (Wildman–Crippen MR) is 68.5 cm³/mol. The minimum absolute atomic E-state index is 0.225. The van der Waals surface area contributed by atoms with Crippen molar-refractivity contribution in [3.05, 3.63) is 0 Å². The lowest BCUT2D eigenvalue weighted by Crippen LogP contribution is -2.48. The van der Waals surface area contributed by atoms with Crippen LogP contribution in [0.2, 0.25) is 0 Å². The molecular formula is C11H21NO6S. The quantitative estimate of drug-likeness (QED) is 0.555. The Morgan fingerprint density at radius 3 is 2.89 bits per heavy atom. The van der Waals surface area contributed by atoms with E-state index >= 15 is 0 Å². The summed E-state index contributed by atoms with van der Waals surface area (Å²) in [6, 6.07) is -0.454. The number of ether oxygens (including phenoxy) is 2. The van der Waals surface area contributed by atoms with E-state index in [0.717, 1.165) is 12.8 Å². The SMILES string of the molecule is CCCCOC(=O)N[C@H]1COCC[C@H]1CS(=O)(=O)O. The monoisotopic (exact) mass is 295 g/mol. The Kier molecular flexibility index (Phi) is 6.53. The zero-order chi connectivity index (χ0) is 14.3. The van der Waals surface area contributed by atoms with Gasteiger partial charge in [0.2, 0.25) is 0 Å². The van der Waals surface area contributed by atoms with Gasteiger partial charge in [-0.05, 0) is 18.8 Å². The van der Waals surface area contributed by atoms with E-state index in [2.05, 4.69) is 5.32 Å². The molecule has 1 aliphatic rings. The number of rotatable bonds is 6. The second-order valence-electron chi connectivity index (χ2n) is 4.61. The number of amides is 1. The van der Waals surface area contributed by atoms with Crippen molar-refractivity contribution in [2.24, 2.45) is 5.92 Å². The molecule has 2 atom stereocenters. The molecule has 1 fully saturated rings. The number of unbranched alkanes of at least 4 members (excludes halogenated alkanes) is 1. The second kappa shape index (κ2) is 7.66. The molecule has 0 aromatic heterocycles. The first kappa shape index (κ1) is 16.2. The Balaban J connectivity index is 2.45. The summed E-state index contributed by atoms with van der Waals surface area (Å²) >= 11 is 0. The largest absolute Gasteiger partial charge is 0.450 e. The van der Waals surface area contributed by atoms with Crippen molar-refractivity contribution in [1.29, 1.82) is 0 Å². The van der Waals surface area contributed by atoms with E-state index in [-0.39, 0.29) is 18.3 Å². The molecule has 0 radical (unpaired) electrons. The molecule has 19 heavy (non-hydrogen) atoms. The number of alkyl carbamates (subject to hydrolysis) is 1. The summed E-state index contributed by atoms with van der Waals surface area (Å²) in [7, 11) is -4.06. The van der Waals surface area contributed by atoms with Crippen LogP contribution in [-0.2, 0) is 19.6 Å². The maximum atomic E-state index is 11.5. The Bertz CT molecular complexity index is 383. The van der Waals surface area contributed by atoms with E-state index in [9.17, 15) is 13.2 Å². The third kappa shape index (κ3) is 6.74. The molecule has 2 N–H and O–H groups in total. The zero-order valence-corrected chi connectivity index (χ0v) is 11.8. The number of hydrogen-bond donors (Lipinski definition) is 2. The molecule has 7 nitrogen and oxygen atoms in total. The molecule has 0 saturated carbocycles. The third-order valence-electron chi connectivity index (χ3n) is 2.96. The van der Waals surface area contributed by atoms with E-state index in [1.807, 2.05) is 6.92 Å². The highest BCUT2D eigenvalue weighted by atomic mass is 32.2. The number of hydrogen-bond acceptors (Lipinski definition) is 5. The summed E-state index contributed by atoms with van der Waals surface area (Å²) in [5.74, 6) is -0.738. The molecule has 8 heteroatoms. The molecule has 0 aromatic carbocycles. The molecule has 0 unspecified atom stereocenters. The average Bonchev–Trinajstić information content (AvgIpc) is 2.30. The van der Waals surface area contributed by atoms with E-state index in [4.69, 9.17) is 14.0 Å². The molecule has 1 aliphatic heterocycles. The summed E-state index contributed by atoms with van der Waals surface area (Å²) in [5.41, 5.74) is 0. The smallest absolute Gasteiger partial charge is 0.407 e. The van der Waals surface area contributed by atoms with Gasteiger partial charge in [0.05, 0.1) is 25.0 Å². The van der Waals surface area contributed by atoms with Crippen LogP contribution in [0, 0.1) is 5.92 Å². The molecular weight excluding hydrogens is 274 g/mol. The van der Waals surface area contributed by atoms with Gasteiger partial charge in [-0.25, -0.2) is 4.79 Å². The van der Waals surface area contributed by atoms with Gasteiger partial charge >= 0.3 is 6.09 Å². The second-order valence-corrected chi connectivity index (χ2v) is 6.11. The highest BCUT2D eigenvalue weighted by molar-refractivity contribution is 7.85. The Labute approximate surface area is 113 Å². The molecule has 1 rings (SSSR count). The predicted octanol–water partition coefficient (Wildman–Crippen LogP) is 0.806. The van der Waals surface area contributed by atoms with Crippen LogP contribution in [0.3, 0.4) is 0 Å². The Morgan fingerprint density at radius 1 is 1.53 bits per heavy atom. The standard InChI is InChI=1S/C11H21NO6S/c1-2-3-5-18-11(13)12-10-7-17-6-4-9(10)8-19(14,15)16/h9-10H,2-8H2,1H3,(H,12,13)(H,14,15,16)/t9-,10-/m0/s1. The van der Waals surface area contributed by atoms with Gasteiger partial charge in [0, 0.05) is 6.61 Å². The summed E-state index contributed by atoms with van der Waals surface area (Å²) in [6.45, 7) is 2.96. The zero-order valence-electron chi connectivity index (χ0n) is 11.0. The molecule has 1 heterocycles. The maximum Gasteiger partial charge on any atom is 0.407 e. The lowest BCUT2D eigenvalue weighted by atomic mass is 9.97. The first-order valence-corrected chi connectivity index (χ1v) is 7.99. The van der Waals surface area contributed by atoms with Gasteiger partial charge in [-0.3, -0.25) is 4.55 Å². The van der Waals surface area contributed by atoms with Crippen LogP contribution in [0.25, 0.3) is 0 Å². The minimum atomic E-state index is -4.06. The average molecular weight is 295 g/mol. The van der Waals surface area contributed by atoms with Crippen LogP contribution in [0.15, 0.2) is 0 Å². The molecule has 0 bridgehead atoms. The molecule has 112 valence electrons. The highest BCUT2D eigenvalue weighted by Gasteiger charge is 2.30. The van der Waals surface area contributed by atoms with Crippen molar-refractivity contribution in [2.75, 3.05) is 25.6 Å². The highest BCUT2D eigenvalue weighted by Crippen LogP contribution is 2.17. The van der Waals surface area contributed by atoms with E-state index < -0.39 is 22.3 Å². The lowest BCUT2D eigenvalue weighted by molar-refractivity contribution is 0.0389. The third-order valence-corrected chi connectivity index (χ3v) is 3.81. The Hall–Kier alpha value is -0.860. The van der Waals surface area contributed by atoms with Crippen LogP contribution < -0.4 is 5.32 Å².